The van der Waals surface area contributed by atoms with Gasteiger partial charge in [0.15, 0.2) is 5.11 Å². The van der Waals surface area contributed by atoms with Gasteiger partial charge in [-0.15, -0.1) is 0 Å². The summed E-state index contributed by atoms with van der Waals surface area (Å²) < 4.78 is 18.2. The molecule has 0 aromatic heterocycles. The van der Waals surface area contributed by atoms with E-state index in [0.29, 0.717) is 34.2 Å². The molecule has 1 heterocycles. The Balaban J connectivity index is 1.37. The van der Waals surface area contributed by atoms with E-state index in [-0.39, 0.29) is 17.3 Å². The molecular formula is C31H23BrN2O5S. The number of anilines is 1. The van der Waals surface area contributed by atoms with Crippen LogP contribution in [0, 0.1) is 0 Å². The number of carbonyl (C=O) groups is 2. The highest BCUT2D eigenvalue weighted by molar-refractivity contribution is 9.10. The maximum absolute atomic E-state index is 13.5. The van der Waals surface area contributed by atoms with Crippen LogP contribution in [0.1, 0.15) is 11.1 Å². The van der Waals surface area contributed by atoms with Crippen molar-refractivity contribution in [3.05, 3.63) is 118 Å². The summed E-state index contributed by atoms with van der Waals surface area (Å²) in [6.07, 6.45) is 1.53. The van der Waals surface area contributed by atoms with Crippen LogP contribution in [-0.2, 0) is 16.2 Å². The van der Waals surface area contributed by atoms with Gasteiger partial charge in [0, 0.05) is 10.0 Å². The van der Waals surface area contributed by atoms with Gasteiger partial charge in [0.2, 0.25) is 0 Å². The first kappa shape index (κ1) is 27.1. The van der Waals surface area contributed by atoms with E-state index in [4.69, 9.17) is 26.4 Å². The molecule has 0 atom stereocenters. The quantitative estimate of drug-likeness (QED) is 0.136. The molecule has 4 aromatic rings. The Morgan fingerprint density at radius 3 is 2.25 bits per heavy atom. The Kier molecular flexibility index (Phi) is 8.23. The first-order chi connectivity index (χ1) is 19.4. The molecule has 0 unspecified atom stereocenters. The lowest BCUT2D eigenvalue weighted by Crippen LogP contribution is -2.54. The topological polar surface area (TPSA) is 77.1 Å². The number of nitrogens with zero attached hydrogens (tertiary/aromatic N) is 1. The predicted octanol–water partition coefficient (Wildman–Crippen LogP) is 6.66. The van der Waals surface area contributed by atoms with Gasteiger partial charge in [0.25, 0.3) is 11.8 Å². The monoisotopic (exact) mass is 614 g/mol. The largest absolute Gasteiger partial charge is 0.496 e. The van der Waals surface area contributed by atoms with Crippen molar-refractivity contribution in [2.75, 3.05) is 12.0 Å². The molecule has 5 rings (SSSR count). The fourth-order valence-corrected chi connectivity index (χ4v) is 4.58. The van der Waals surface area contributed by atoms with Gasteiger partial charge in [-0.3, -0.25) is 19.8 Å². The molecule has 2 amide bonds. The van der Waals surface area contributed by atoms with E-state index in [9.17, 15) is 9.59 Å². The lowest BCUT2D eigenvalue weighted by Gasteiger charge is -2.29. The van der Waals surface area contributed by atoms with Gasteiger partial charge in [-0.25, -0.2) is 0 Å². The standard InChI is InChI=1S/C31H23BrN2O5S/c1-37-28-16-7-20(17-21(28)19-38-24-12-8-22(32)9-13-24)18-27-29(35)33-31(40)34(30(27)36)23-10-14-26(15-11-23)39-25-5-3-2-4-6-25/h2-18H,19H2,1H3,(H,33,35,40). The number of hydrogen-bond acceptors (Lipinski definition) is 6. The Hall–Kier alpha value is -4.47. The zero-order chi connectivity index (χ0) is 28.1. The Morgan fingerprint density at radius 1 is 0.875 bits per heavy atom. The number of ether oxygens (including phenoxy) is 3. The molecule has 1 aliphatic rings. The summed E-state index contributed by atoms with van der Waals surface area (Å²) in [4.78, 5) is 27.6. The third-order valence-electron chi connectivity index (χ3n) is 6.00. The van der Waals surface area contributed by atoms with E-state index in [1.807, 2.05) is 60.7 Å². The van der Waals surface area contributed by atoms with Gasteiger partial charge in [-0.05, 0) is 96.7 Å². The normalized spacial score (nSPS) is 14.2. The molecule has 0 radical (unpaired) electrons. The molecule has 0 aliphatic carbocycles. The molecule has 0 saturated carbocycles. The summed E-state index contributed by atoms with van der Waals surface area (Å²) in [5, 5.41) is 2.62. The number of para-hydroxylation sites is 1. The van der Waals surface area contributed by atoms with Crippen LogP contribution in [0.2, 0.25) is 0 Å². The van der Waals surface area contributed by atoms with Crippen LogP contribution in [0.4, 0.5) is 5.69 Å². The van der Waals surface area contributed by atoms with Gasteiger partial charge in [0.1, 0.15) is 35.2 Å². The molecule has 9 heteroatoms. The van der Waals surface area contributed by atoms with Crippen LogP contribution >= 0.6 is 28.1 Å². The lowest BCUT2D eigenvalue weighted by atomic mass is 10.0. The zero-order valence-electron chi connectivity index (χ0n) is 21.3. The lowest BCUT2D eigenvalue weighted by molar-refractivity contribution is -0.122. The second kappa shape index (κ2) is 12.1. The van der Waals surface area contributed by atoms with E-state index in [2.05, 4.69) is 21.2 Å². The average Bonchev–Trinajstić information content (AvgIpc) is 2.96. The summed E-state index contributed by atoms with van der Waals surface area (Å²) in [5.74, 6) is 1.51. The van der Waals surface area contributed by atoms with E-state index < -0.39 is 11.8 Å². The third kappa shape index (κ3) is 6.22. The number of methoxy groups -OCH3 is 1. The van der Waals surface area contributed by atoms with Crippen molar-refractivity contribution in [3.8, 4) is 23.0 Å². The van der Waals surface area contributed by atoms with Crippen molar-refractivity contribution in [2.45, 2.75) is 6.61 Å². The van der Waals surface area contributed by atoms with E-state index >= 15 is 0 Å². The SMILES string of the molecule is COc1ccc(C=C2C(=O)NC(=S)N(c3ccc(Oc4ccccc4)cc3)C2=O)cc1COc1ccc(Br)cc1. The fourth-order valence-electron chi connectivity index (χ4n) is 4.04. The number of thiocarbonyl (C=S) groups is 1. The minimum absolute atomic E-state index is 0.00203. The van der Waals surface area contributed by atoms with Crippen LogP contribution in [-0.4, -0.2) is 24.0 Å². The van der Waals surface area contributed by atoms with Gasteiger partial charge in [-0.2, -0.15) is 0 Å². The molecule has 1 saturated heterocycles. The second-order valence-corrected chi connectivity index (χ2v) is 9.98. The first-order valence-electron chi connectivity index (χ1n) is 12.2. The van der Waals surface area contributed by atoms with Crippen LogP contribution in [0.3, 0.4) is 0 Å². The summed E-state index contributed by atoms with van der Waals surface area (Å²) in [6.45, 7) is 0.232. The molecule has 1 N–H and O–H groups in total. The predicted molar refractivity (Wildman–Crippen MR) is 161 cm³/mol. The van der Waals surface area contributed by atoms with E-state index in [1.165, 1.54) is 11.0 Å². The zero-order valence-corrected chi connectivity index (χ0v) is 23.7. The highest BCUT2D eigenvalue weighted by Gasteiger charge is 2.34. The van der Waals surface area contributed by atoms with Crippen molar-refractivity contribution in [2.24, 2.45) is 0 Å². The third-order valence-corrected chi connectivity index (χ3v) is 6.81. The van der Waals surface area contributed by atoms with Crippen molar-refractivity contribution >= 4 is 56.8 Å². The summed E-state index contributed by atoms with van der Waals surface area (Å²) in [6, 6.07) is 29.1. The number of carbonyl (C=O) groups excluding carboxylic acids is 2. The molecule has 200 valence electrons. The number of nitrogens with one attached hydrogen (secondary N) is 1. The van der Waals surface area contributed by atoms with Gasteiger partial charge < -0.3 is 14.2 Å². The molecule has 1 fully saturated rings. The molecular weight excluding hydrogens is 592 g/mol. The highest BCUT2D eigenvalue weighted by Crippen LogP contribution is 2.28. The van der Waals surface area contributed by atoms with Crippen molar-refractivity contribution in [1.82, 2.24) is 5.32 Å². The molecule has 0 spiro atoms. The van der Waals surface area contributed by atoms with Crippen molar-refractivity contribution < 1.29 is 23.8 Å². The van der Waals surface area contributed by atoms with Gasteiger partial charge >= 0.3 is 0 Å². The smallest absolute Gasteiger partial charge is 0.270 e. The van der Waals surface area contributed by atoms with Crippen LogP contribution < -0.4 is 24.4 Å². The Morgan fingerprint density at radius 2 is 1.55 bits per heavy atom. The Bertz CT molecular complexity index is 1590. The molecule has 40 heavy (non-hydrogen) atoms. The molecule has 1 aliphatic heterocycles. The summed E-state index contributed by atoms with van der Waals surface area (Å²) in [7, 11) is 1.57. The van der Waals surface area contributed by atoms with Crippen LogP contribution in [0.15, 0.2) is 107 Å². The highest BCUT2D eigenvalue weighted by atomic mass is 79.9. The summed E-state index contributed by atoms with van der Waals surface area (Å²) >= 11 is 8.75. The van der Waals surface area contributed by atoms with E-state index in [0.717, 1.165) is 10.0 Å². The maximum atomic E-state index is 13.5. The summed E-state index contributed by atoms with van der Waals surface area (Å²) in [5.41, 5.74) is 1.83. The van der Waals surface area contributed by atoms with Crippen molar-refractivity contribution in [1.29, 1.82) is 0 Å². The molecule has 4 aromatic carbocycles. The van der Waals surface area contributed by atoms with Crippen LogP contribution in [0.25, 0.3) is 6.08 Å². The number of rotatable bonds is 8. The minimum Gasteiger partial charge on any atom is -0.496 e. The number of hydrogen-bond donors (Lipinski definition) is 1. The average molecular weight is 616 g/mol. The van der Waals surface area contributed by atoms with Gasteiger partial charge in [-0.1, -0.05) is 40.2 Å². The van der Waals surface area contributed by atoms with E-state index in [1.54, 1.807) is 43.5 Å². The van der Waals surface area contributed by atoms with Crippen molar-refractivity contribution in [3.63, 3.8) is 0 Å². The second-order valence-electron chi connectivity index (χ2n) is 8.68. The van der Waals surface area contributed by atoms with Gasteiger partial charge in [0.05, 0.1) is 12.8 Å². The molecule has 7 nitrogen and oxygen atoms in total. The number of halogens is 1. The fraction of sp³-hybridized carbons (Fsp3) is 0.0645. The number of amides is 2. The maximum Gasteiger partial charge on any atom is 0.270 e. The Labute approximate surface area is 245 Å². The number of benzene rings is 4. The van der Waals surface area contributed by atoms with Crippen LogP contribution in [0.5, 0.6) is 23.0 Å². The molecule has 0 bridgehead atoms. The minimum atomic E-state index is -0.571. The first-order valence-corrected chi connectivity index (χ1v) is 13.4.